The van der Waals surface area contributed by atoms with E-state index in [2.05, 4.69) is 5.32 Å². The van der Waals surface area contributed by atoms with E-state index in [0.29, 0.717) is 19.6 Å². The predicted octanol–water partition coefficient (Wildman–Crippen LogP) is 1.29. The Balaban J connectivity index is 1.70. The second-order valence-electron chi connectivity index (χ2n) is 4.63. The lowest BCUT2D eigenvalue weighted by atomic mass is 10.3. The molecular weight excluding hydrogens is 256 g/mol. The second-order valence-corrected chi connectivity index (χ2v) is 4.63. The number of piperazine rings is 1. The molecule has 0 bridgehead atoms. The first-order valence-corrected chi connectivity index (χ1v) is 7.13. The molecule has 1 amide bonds. The summed E-state index contributed by atoms with van der Waals surface area (Å²) >= 11 is 0. The van der Waals surface area contributed by atoms with Crippen LogP contribution in [0.3, 0.4) is 0 Å². The van der Waals surface area contributed by atoms with Gasteiger partial charge in [0.1, 0.15) is 11.5 Å². The number of rotatable bonds is 6. The third-order valence-electron chi connectivity index (χ3n) is 3.19. The summed E-state index contributed by atoms with van der Waals surface area (Å²) in [5.74, 6) is 1.76. The molecule has 110 valence electrons. The van der Waals surface area contributed by atoms with Gasteiger partial charge in [-0.2, -0.15) is 0 Å². The summed E-state index contributed by atoms with van der Waals surface area (Å²) in [7, 11) is 0. The summed E-state index contributed by atoms with van der Waals surface area (Å²) < 4.78 is 10.9. The molecule has 2 rings (SSSR count). The van der Waals surface area contributed by atoms with E-state index in [1.165, 1.54) is 0 Å². The molecule has 1 aromatic rings. The fourth-order valence-corrected chi connectivity index (χ4v) is 2.13. The van der Waals surface area contributed by atoms with Crippen molar-refractivity contribution in [1.82, 2.24) is 10.2 Å². The van der Waals surface area contributed by atoms with Crippen LogP contribution < -0.4 is 14.8 Å². The fourth-order valence-electron chi connectivity index (χ4n) is 2.13. The molecule has 20 heavy (non-hydrogen) atoms. The molecule has 5 nitrogen and oxygen atoms in total. The van der Waals surface area contributed by atoms with E-state index < -0.39 is 0 Å². The van der Waals surface area contributed by atoms with Gasteiger partial charge in [0.15, 0.2) is 0 Å². The lowest BCUT2D eigenvalue weighted by molar-refractivity contribution is -0.132. The van der Waals surface area contributed by atoms with Gasteiger partial charge in [-0.15, -0.1) is 0 Å². The minimum absolute atomic E-state index is 0.164. The number of benzene rings is 1. The van der Waals surface area contributed by atoms with E-state index in [1.807, 2.05) is 36.1 Å². The van der Waals surface area contributed by atoms with Crippen molar-refractivity contribution >= 4 is 5.91 Å². The van der Waals surface area contributed by atoms with Gasteiger partial charge in [0, 0.05) is 26.2 Å². The largest absolute Gasteiger partial charge is 0.494 e. The average molecular weight is 278 g/mol. The summed E-state index contributed by atoms with van der Waals surface area (Å²) in [4.78, 5) is 13.8. The van der Waals surface area contributed by atoms with Gasteiger partial charge in [-0.05, 0) is 31.2 Å². The Morgan fingerprint density at radius 1 is 1.15 bits per heavy atom. The van der Waals surface area contributed by atoms with Crippen LogP contribution in [0.2, 0.25) is 0 Å². The van der Waals surface area contributed by atoms with Crippen molar-refractivity contribution in [3.8, 4) is 11.5 Å². The Kier molecular flexibility index (Phi) is 5.68. The topological polar surface area (TPSA) is 50.8 Å². The quantitative estimate of drug-likeness (QED) is 0.852. The van der Waals surface area contributed by atoms with E-state index >= 15 is 0 Å². The first-order valence-electron chi connectivity index (χ1n) is 7.13. The van der Waals surface area contributed by atoms with Gasteiger partial charge in [0.05, 0.1) is 19.6 Å². The molecule has 0 aromatic heterocycles. The minimum atomic E-state index is 0.164. The third kappa shape index (κ3) is 4.42. The van der Waals surface area contributed by atoms with Crippen LogP contribution in [-0.2, 0) is 4.79 Å². The number of carbonyl (C=O) groups is 1. The highest BCUT2D eigenvalue weighted by molar-refractivity contribution is 5.76. The highest BCUT2D eigenvalue weighted by Gasteiger charge is 2.15. The van der Waals surface area contributed by atoms with Gasteiger partial charge in [0.2, 0.25) is 5.91 Å². The van der Waals surface area contributed by atoms with Crippen molar-refractivity contribution in [3.63, 3.8) is 0 Å². The first kappa shape index (κ1) is 14.7. The molecule has 0 saturated carbocycles. The zero-order chi connectivity index (χ0) is 14.2. The molecule has 0 unspecified atom stereocenters. The molecule has 1 aromatic carbocycles. The van der Waals surface area contributed by atoms with Gasteiger partial charge in [-0.3, -0.25) is 4.79 Å². The van der Waals surface area contributed by atoms with Crippen LogP contribution in [0.25, 0.3) is 0 Å². The Morgan fingerprint density at radius 2 is 1.75 bits per heavy atom. The van der Waals surface area contributed by atoms with Gasteiger partial charge < -0.3 is 19.7 Å². The Hall–Kier alpha value is -1.75. The van der Waals surface area contributed by atoms with Gasteiger partial charge in [-0.25, -0.2) is 0 Å². The lowest BCUT2D eigenvalue weighted by Crippen LogP contribution is -2.46. The maximum absolute atomic E-state index is 11.9. The van der Waals surface area contributed by atoms with Crippen molar-refractivity contribution in [2.45, 2.75) is 13.3 Å². The van der Waals surface area contributed by atoms with Crippen molar-refractivity contribution < 1.29 is 14.3 Å². The van der Waals surface area contributed by atoms with E-state index in [4.69, 9.17) is 9.47 Å². The molecule has 0 aliphatic carbocycles. The minimum Gasteiger partial charge on any atom is -0.494 e. The number of carbonyl (C=O) groups excluding carboxylic acids is 1. The van der Waals surface area contributed by atoms with E-state index in [9.17, 15) is 4.79 Å². The molecule has 5 heteroatoms. The van der Waals surface area contributed by atoms with Gasteiger partial charge in [0.25, 0.3) is 0 Å². The monoisotopic (exact) mass is 278 g/mol. The molecular formula is C15H22N2O3. The lowest BCUT2D eigenvalue weighted by Gasteiger charge is -2.27. The summed E-state index contributed by atoms with van der Waals surface area (Å²) in [6.07, 6.45) is 0.424. The third-order valence-corrected chi connectivity index (χ3v) is 3.19. The highest BCUT2D eigenvalue weighted by Crippen LogP contribution is 2.17. The maximum Gasteiger partial charge on any atom is 0.226 e. The fraction of sp³-hybridized carbons (Fsp3) is 0.533. The van der Waals surface area contributed by atoms with Crippen molar-refractivity contribution in [2.24, 2.45) is 0 Å². The SMILES string of the molecule is CCOc1ccc(OCCC(=O)N2CCNCC2)cc1. The number of nitrogens with one attached hydrogen (secondary N) is 1. The molecule has 0 radical (unpaired) electrons. The van der Waals surface area contributed by atoms with Gasteiger partial charge in [-0.1, -0.05) is 0 Å². The van der Waals surface area contributed by atoms with E-state index in [-0.39, 0.29) is 5.91 Å². The number of amides is 1. The standard InChI is InChI=1S/C15H22N2O3/c1-2-19-13-3-5-14(6-4-13)20-12-7-15(18)17-10-8-16-9-11-17/h3-6,16H,2,7-12H2,1H3. The molecule has 0 spiro atoms. The van der Waals surface area contributed by atoms with Gasteiger partial charge >= 0.3 is 0 Å². The van der Waals surface area contributed by atoms with Crippen LogP contribution in [0.5, 0.6) is 11.5 Å². The van der Waals surface area contributed by atoms with Crippen LogP contribution in [0, 0.1) is 0 Å². The summed E-state index contributed by atoms with van der Waals surface area (Å²) in [5.41, 5.74) is 0. The van der Waals surface area contributed by atoms with Crippen LogP contribution in [0.1, 0.15) is 13.3 Å². The molecule has 1 fully saturated rings. The van der Waals surface area contributed by atoms with Crippen molar-refractivity contribution in [3.05, 3.63) is 24.3 Å². The maximum atomic E-state index is 11.9. The summed E-state index contributed by atoms with van der Waals surface area (Å²) in [5, 5.41) is 3.23. The normalized spacial score (nSPS) is 14.9. The van der Waals surface area contributed by atoms with E-state index in [0.717, 1.165) is 37.7 Å². The smallest absolute Gasteiger partial charge is 0.226 e. The predicted molar refractivity (Wildman–Crippen MR) is 77.2 cm³/mol. The molecule has 1 saturated heterocycles. The molecule has 1 aliphatic rings. The summed E-state index contributed by atoms with van der Waals surface area (Å²) in [6.45, 7) is 6.36. The summed E-state index contributed by atoms with van der Waals surface area (Å²) in [6, 6.07) is 7.47. The van der Waals surface area contributed by atoms with Crippen LogP contribution >= 0.6 is 0 Å². The zero-order valence-corrected chi connectivity index (χ0v) is 11.9. The van der Waals surface area contributed by atoms with E-state index in [1.54, 1.807) is 0 Å². The molecule has 0 atom stereocenters. The highest BCUT2D eigenvalue weighted by atomic mass is 16.5. The Bertz CT molecular complexity index is 414. The number of hydrogen-bond donors (Lipinski definition) is 1. The number of nitrogens with zero attached hydrogens (tertiary/aromatic N) is 1. The van der Waals surface area contributed by atoms with Crippen LogP contribution in [-0.4, -0.2) is 50.2 Å². The molecule has 1 N–H and O–H groups in total. The number of hydrogen-bond acceptors (Lipinski definition) is 4. The van der Waals surface area contributed by atoms with Crippen LogP contribution in [0.15, 0.2) is 24.3 Å². The Labute approximate surface area is 119 Å². The Morgan fingerprint density at radius 3 is 2.35 bits per heavy atom. The second kappa shape index (κ2) is 7.75. The molecule has 1 heterocycles. The number of ether oxygens (including phenoxy) is 2. The van der Waals surface area contributed by atoms with Crippen LogP contribution in [0.4, 0.5) is 0 Å². The molecule has 1 aliphatic heterocycles. The van der Waals surface area contributed by atoms with Crippen molar-refractivity contribution in [1.29, 1.82) is 0 Å². The zero-order valence-electron chi connectivity index (χ0n) is 11.9. The van der Waals surface area contributed by atoms with Crippen molar-refractivity contribution in [2.75, 3.05) is 39.4 Å². The first-order chi connectivity index (χ1) is 9.79. The average Bonchev–Trinajstić information content (AvgIpc) is 2.50.